The Morgan fingerprint density at radius 3 is 1.82 bits per heavy atom. The molecule has 3 aromatic rings. The quantitative estimate of drug-likeness (QED) is 0.616. The van der Waals surface area contributed by atoms with Crippen molar-refractivity contribution in [2.24, 2.45) is 5.73 Å². The van der Waals surface area contributed by atoms with E-state index in [2.05, 4.69) is 0 Å². The summed E-state index contributed by atoms with van der Waals surface area (Å²) in [5.74, 6) is -0.322. The number of carbonyl (C=O) groups is 1. The van der Waals surface area contributed by atoms with Crippen molar-refractivity contribution >= 4 is 5.97 Å². The van der Waals surface area contributed by atoms with Gasteiger partial charge < -0.3 is 15.6 Å². The lowest BCUT2D eigenvalue weighted by Crippen LogP contribution is -2.26. The Labute approximate surface area is 164 Å². The second-order valence-electron chi connectivity index (χ2n) is 6.45. The number of carboxylic acids is 1. The maximum absolute atomic E-state index is 13.9. The zero-order valence-electron chi connectivity index (χ0n) is 15.9. The predicted octanol–water partition coefficient (Wildman–Crippen LogP) is 5.45. The Kier molecular flexibility index (Phi) is 7.29. The van der Waals surface area contributed by atoms with E-state index in [-0.39, 0.29) is 11.6 Å². The molecule has 3 rings (SSSR count). The molecule has 0 saturated heterocycles. The summed E-state index contributed by atoms with van der Waals surface area (Å²) in [5, 5.41) is 8.79. The minimum absolute atomic E-state index is 0.0837. The second-order valence-corrected chi connectivity index (χ2v) is 6.45. The maximum atomic E-state index is 13.9. The van der Waals surface area contributed by atoms with Gasteiger partial charge in [0.25, 0.3) is 0 Å². The van der Waals surface area contributed by atoms with Crippen molar-refractivity contribution in [1.29, 1.82) is 0 Å². The van der Waals surface area contributed by atoms with E-state index < -0.39 is 11.6 Å². The van der Waals surface area contributed by atoms with Crippen molar-refractivity contribution < 1.29 is 19.0 Å². The fourth-order valence-corrected chi connectivity index (χ4v) is 2.34. The maximum Gasteiger partial charge on any atom is 0.345 e. The molecule has 0 saturated carbocycles. The van der Waals surface area contributed by atoms with Crippen molar-refractivity contribution in [3.63, 3.8) is 0 Å². The molecule has 0 aromatic heterocycles. The topological polar surface area (TPSA) is 72.6 Å². The smallest absolute Gasteiger partial charge is 0.345 e. The summed E-state index contributed by atoms with van der Waals surface area (Å²) in [6.07, 6.45) is 0. The summed E-state index contributed by atoms with van der Waals surface area (Å²) in [6, 6.07) is 25.3. The van der Waals surface area contributed by atoms with Crippen molar-refractivity contribution in [3.05, 3.63) is 96.1 Å². The number of hydrogen-bond acceptors (Lipinski definition) is 3. The number of alkyl halides is 1. The summed E-state index contributed by atoms with van der Waals surface area (Å²) < 4.78 is 19.4. The highest BCUT2D eigenvalue weighted by molar-refractivity contribution is 5.78. The molecule has 3 N–H and O–H groups in total. The second kappa shape index (κ2) is 9.67. The Morgan fingerprint density at radius 1 is 0.929 bits per heavy atom. The van der Waals surface area contributed by atoms with Gasteiger partial charge in [-0.25, -0.2) is 9.18 Å². The lowest BCUT2D eigenvalue weighted by molar-refractivity contribution is -0.150. The SMILES string of the molecule is C[C@H](N)c1ccccc1.C[C@](F)(C(=O)O)c1ccc(Oc2ccccc2)cc1. The molecule has 0 aliphatic heterocycles. The van der Waals surface area contributed by atoms with Crippen molar-refractivity contribution in [2.75, 3.05) is 0 Å². The normalized spacial score (nSPS) is 13.4. The minimum atomic E-state index is -2.40. The number of rotatable bonds is 5. The van der Waals surface area contributed by atoms with Crippen LogP contribution in [-0.4, -0.2) is 11.1 Å². The van der Waals surface area contributed by atoms with E-state index in [9.17, 15) is 9.18 Å². The van der Waals surface area contributed by atoms with Crippen LogP contribution in [-0.2, 0) is 10.5 Å². The van der Waals surface area contributed by atoms with Crippen LogP contribution in [0.2, 0.25) is 0 Å². The van der Waals surface area contributed by atoms with Gasteiger partial charge in [-0.3, -0.25) is 0 Å². The molecule has 146 valence electrons. The fraction of sp³-hybridized carbons (Fsp3) is 0.174. The molecular weight excluding hydrogens is 357 g/mol. The molecule has 3 aromatic carbocycles. The summed E-state index contributed by atoms with van der Waals surface area (Å²) in [5.41, 5.74) is 4.49. The lowest BCUT2D eigenvalue weighted by Gasteiger charge is -2.15. The Morgan fingerprint density at radius 2 is 1.39 bits per heavy atom. The highest BCUT2D eigenvalue weighted by atomic mass is 19.1. The Balaban J connectivity index is 0.000000261. The first-order valence-electron chi connectivity index (χ1n) is 8.87. The van der Waals surface area contributed by atoms with Crippen LogP contribution in [0.4, 0.5) is 4.39 Å². The molecule has 0 heterocycles. The van der Waals surface area contributed by atoms with Gasteiger partial charge >= 0.3 is 5.97 Å². The fourth-order valence-electron chi connectivity index (χ4n) is 2.34. The Bertz CT molecular complexity index is 863. The standard InChI is InChI=1S/C15H13FO3.C8H11N/c1-15(16,14(17)18)11-7-9-13(10-8-11)19-12-5-3-2-4-6-12;1-7(9)8-5-3-2-4-6-8/h2-10H,1H3,(H,17,18);2-7H,9H2,1H3/t15-;7-/m10/s1. The molecule has 28 heavy (non-hydrogen) atoms. The molecule has 0 amide bonds. The molecule has 5 heteroatoms. The van der Waals surface area contributed by atoms with Gasteiger partial charge in [0.1, 0.15) is 11.5 Å². The zero-order chi connectivity index (χ0) is 20.6. The van der Waals surface area contributed by atoms with Crippen LogP contribution in [0.3, 0.4) is 0 Å². The van der Waals surface area contributed by atoms with Crippen LogP contribution in [0.1, 0.15) is 31.0 Å². The average molecular weight is 381 g/mol. The first kappa shape index (κ1) is 21.1. The summed E-state index contributed by atoms with van der Waals surface area (Å²) >= 11 is 0. The number of para-hydroxylation sites is 1. The molecule has 0 radical (unpaired) electrons. The van der Waals surface area contributed by atoms with Crippen LogP contribution in [0, 0.1) is 0 Å². The van der Waals surface area contributed by atoms with E-state index in [1.54, 1.807) is 24.3 Å². The van der Waals surface area contributed by atoms with E-state index in [4.69, 9.17) is 15.6 Å². The van der Waals surface area contributed by atoms with Crippen molar-refractivity contribution in [3.8, 4) is 11.5 Å². The van der Waals surface area contributed by atoms with Crippen LogP contribution < -0.4 is 10.5 Å². The van der Waals surface area contributed by atoms with E-state index >= 15 is 0 Å². The van der Waals surface area contributed by atoms with Gasteiger partial charge in [0.05, 0.1) is 0 Å². The van der Waals surface area contributed by atoms with Gasteiger partial charge in [-0.1, -0.05) is 60.7 Å². The molecule has 0 aliphatic carbocycles. The van der Waals surface area contributed by atoms with E-state index in [1.165, 1.54) is 17.7 Å². The predicted molar refractivity (Wildman–Crippen MR) is 108 cm³/mol. The van der Waals surface area contributed by atoms with Crippen LogP contribution in [0.5, 0.6) is 11.5 Å². The van der Waals surface area contributed by atoms with Crippen LogP contribution in [0.25, 0.3) is 0 Å². The molecule has 2 atom stereocenters. The molecule has 0 aliphatic rings. The van der Waals surface area contributed by atoms with Gasteiger partial charge in [-0.2, -0.15) is 0 Å². The average Bonchev–Trinajstić information content (AvgIpc) is 2.70. The number of hydrogen-bond donors (Lipinski definition) is 2. The summed E-state index contributed by atoms with van der Waals surface area (Å²) in [7, 11) is 0. The number of ether oxygens (including phenoxy) is 1. The van der Waals surface area contributed by atoms with E-state index in [1.807, 2.05) is 55.5 Å². The lowest BCUT2D eigenvalue weighted by atomic mass is 9.98. The number of benzene rings is 3. The molecule has 0 bridgehead atoms. The van der Waals surface area contributed by atoms with Crippen molar-refractivity contribution in [2.45, 2.75) is 25.6 Å². The van der Waals surface area contributed by atoms with Gasteiger partial charge in [-0.05, 0) is 43.7 Å². The molecular formula is C23H24FNO3. The van der Waals surface area contributed by atoms with Crippen LogP contribution in [0.15, 0.2) is 84.9 Å². The number of nitrogens with two attached hydrogens (primary N) is 1. The van der Waals surface area contributed by atoms with Gasteiger partial charge in [0, 0.05) is 11.6 Å². The molecule has 4 nitrogen and oxygen atoms in total. The van der Waals surface area contributed by atoms with Crippen molar-refractivity contribution in [1.82, 2.24) is 0 Å². The van der Waals surface area contributed by atoms with Gasteiger partial charge in [0.15, 0.2) is 0 Å². The van der Waals surface area contributed by atoms with Gasteiger partial charge in [0.2, 0.25) is 5.67 Å². The Hall–Kier alpha value is -3.18. The molecule has 0 unspecified atom stereocenters. The third kappa shape index (κ3) is 5.93. The number of carboxylic acid groups (broad SMARTS) is 1. The van der Waals surface area contributed by atoms with Gasteiger partial charge in [-0.15, -0.1) is 0 Å². The molecule has 0 fully saturated rings. The summed E-state index contributed by atoms with van der Waals surface area (Å²) in [4.78, 5) is 10.8. The minimum Gasteiger partial charge on any atom is -0.479 e. The molecule has 0 spiro atoms. The number of halogens is 1. The van der Waals surface area contributed by atoms with E-state index in [0.717, 1.165) is 6.92 Å². The third-order valence-corrected chi connectivity index (χ3v) is 4.10. The van der Waals surface area contributed by atoms with Crippen LogP contribution >= 0.6 is 0 Å². The summed E-state index contributed by atoms with van der Waals surface area (Å²) in [6.45, 7) is 3.00. The first-order chi connectivity index (χ1) is 13.3. The monoisotopic (exact) mass is 381 g/mol. The van der Waals surface area contributed by atoms with E-state index in [0.29, 0.717) is 11.5 Å². The zero-order valence-corrected chi connectivity index (χ0v) is 15.9. The highest BCUT2D eigenvalue weighted by Gasteiger charge is 2.34. The number of aliphatic carboxylic acids is 1. The largest absolute Gasteiger partial charge is 0.479 e. The first-order valence-corrected chi connectivity index (χ1v) is 8.87. The highest BCUT2D eigenvalue weighted by Crippen LogP contribution is 2.29. The third-order valence-electron chi connectivity index (χ3n) is 4.10.